The molecule has 6 nitrogen and oxygen atoms in total. The first kappa shape index (κ1) is 15.3. The SMILES string of the molecule is CC(O)CN(C)C(=O)N1Cc2ccccc2CC1C(=O)O. The molecule has 21 heavy (non-hydrogen) atoms. The van der Waals surface area contributed by atoms with Gasteiger partial charge in [-0.3, -0.25) is 0 Å². The lowest BCUT2D eigenvalue weighted by molar-refractivity contribution is -0.142. The summed E-state index contributed by atoms with van der Waals surface area (Å²) in [6.45, 7) is 2.03. The average Bonchev–Trinajstić information content (AvgIpc) is 2.44. The van der Waals surface area contributed by atoms with Gasteiger partial charge in [0.25, 0.3) is 0 Å². The number of urea groups is 1. The van der Waals surface area contributed by atoms with Crippen molar-refractivity contribution in [2.75, 3.05) is 13.6 Å². The van der Waals surface area contributed by atoms with E-state index in [-0.39, 0.29) is 19.1 Å². The van der Waals surface area contributed by atoms with Gasteiger partial charge in [-0.05, 0) is 18.1 Å². The number of carboxylic acid groups (broad SMARTS) is 1. The summed E-state index contributed by atoms with van der Waals surface area (Å²) < 4.78 is 0. The van der Waals surface area contributed by atoms with E-state index in [0.29, 0.717) is 6.42 Å². The number of benzene rings is 1. The van der Waals surface area contributed by atoms with Gasteiger partial charge in [0.05, 0.1) is 6.10 Å². The third-order valence-electron chi connectivity index (χ3n) is 3.64. The fourth-order valence-electron chi connectivity index (χ4n) is 2.64. The number of rotatable bonds is 3. The molecule has 6 heteroatoms. The molecule has 2 amide bonds. The highest BCUT2D eigenvalue weighted by atomic mass is 16.4. The van der Waals surface area contributed by atoms with Crippen LogP contribution in [0.2, 0.25) is 0 Å². The number of aliphatic carboxylic acids is 1. The number of hydrogen-bond acceptors (Lipinski definition) is 3. The summed E-state index contributed by atoms with van der Waals surface area (Å²) in [4.78, 5) is 26.6. The summed E-state index contributed by atoms with van der Waals surface area (Å²) in [6.07, 6.45) is -0.348. The Kier molecular flexibility index (Phi) is 4.47. The molecule has 1 aliphatic heterocycles. The Balaban J connectivity index is 2.24. The average molecular weight is 292 g/mol. The van der Waals surface area contributed by atoms with E-state index in [2.05, 4.69) is 0 Å². The molecule has 0 saturated carbocycles. The number of aliphatic hydroxyl groups excluding tert-OH is 1. The summed E-state index contributed by atoms with van der Waals surface area (Å²) in [5.41, 5.74) is 1.93. The van der Waals surface area contributed by atoms with Crippen LogP contribution < -0.4 is 0 Å². The van der Waals surface area contributed by atoms with Crippen LogP contribution in [0.25, 0.3) is 0 Å². The monoisotopic (exact) mass is 292 g/mol. The lowest BCUT2D eigenvalue weighted by Crippen LogP contribution is -2.53. The molecule has 2 N–H and O–H groups in total. The third kappa shape index (κ3) is 3.33. The maximum Gasteiger partial charge on any atom is 0.326 e. The largest absolute Gasteiger partial charge is 0.480 e. The lowest BCUT2D eigenvalue weighted by Gasteiger charge is -2.37. The molecule has 1 heterocycles. The number of amides is 2. The summed E-state index contributed by atoms with van der Waals surface area (Å²) in [6, 6.07) is 6.30. The maximum atomic E-state index is 12.4. The summed E-state index contributed by atoms with van der Waals surface area (Å²) in [5, 5.41) is 18.8. The van der Waals surface area contributed by atoms with Crippen molar-refractivity contribution in [2.24, 2.45) is 0 Å². The second kappa shape index (κ2) is 6.13. The van der Waals surface area contributed by atoms with Crippen molar-refractivity contribution in [1.82, 2.24) is 9.80 Å². The Morgan fingerprint density at radius 3 is 2.57 bits per heavy atom. The molecule has 0 saturated heterocycles. The zero-order valence-electron chi connectivity index (χ0n) is 12.2. The molecule has 0 radical (unpaired) electrons. The van der Waals surface area contributed by atoms with E-state index < -0.39 is 18.1 Å². The summed E-state index contributed by atoms with van der Waals surface area (Å²) >= 11 is 0. The third-order valence-corrected chi connectivity index (χ3v) is 3.64. The predicted octanol–water partition coefficient (Wildman–Crippen LogP) is 0.931. The van der Waals surface area contributed by atoms with Crippen LogP contribution in [0, 0.1) is 0 Å². The van der Waals surface area contributed by atoms with Gasteiger partial charge >= 0.3 is 12.0 Å². The van der Waals surface area contributed by atoms with Crippen LogP contribution in [-0.4, -0.2) is 57.8 Å². The number of carbonyl (C=O) groups is 2. The molecule has 0 aromatic heterocycles. The molecule has 0 fully saturated rings. The van der Waals surface area contributed by atoms with E-state index in [1.54, 1.807) is 14.0 Å². The van der Waals surface area contributed by atoms with Crippen molar-refractivity contribution in [3.8, 4) is 0 Å². The Labute approximate surface area is 123 Å². The van der Waals surface area contributed by atoms with Gasteiger partial charge < -0.3 is 20.0 Å². The topological polar surface area (TPSA) is 81.1 Å². The minimum absolute atomic E-state index is 0.170. The van der Waals surface area contributed by atoms with Gasteiger partial charge in [0.15, 0.2) is 0 Å². The smallest absolute Gasteiger partial charge is 0.326 e. The first-order valence-electron chi connectivity index (χ1n) is 6.89. The zero-order valence-corrected chi connectivity index (χ0v) is 12.2. The lowest BCUT2D eigenvalue weighted by atomic mass is 9.94. The Bertz CT molecular complexity index is 544. The highest BCUT2D eigenvalue weighted by Crippen LogP contribution is 2.24. The van der Waals surface area contributed by atoms with Gasteiger partial charge in [-0.2, -0.15) is 0 Å². The van der Waals surface area contributed by atoms with Crippen LogP contribution in [-0.2, 0) is 17.8 Å². The van der Waals surface area contributed by atoms with Gasteiger partial charge in [-0.1, -0.05) is 24.3 Å². The predicted molar refractivity (Wildman–Crippen MR) is 76.8 cm³/mol. The van der Waals surface area contributed by atoms with Gasteiger partial charge in [0.2, 0.25) is 0 Å². The van der Waals surface area contributed by atoms with Crippen molar-refractivity contribution in [3.63, 3.8) is 0 Å². The number of carbonyl (C=O) groups excluding carboxylic acids is 1. The molecule has 0 spiro atoms. The van der Waals surface area contributed by atoms with Crippen molar-refractivity contribution < 1.29 is 19.8 Å². The number of hydrogen-bond donors (Lipinski definition) is 2. The van der Waals surface area contributed by atoms with Crippen LogP contribution in [0.3, 0.4) is 0 Å². The van der Waals surface area contributed by atoms with E-state index >= 15 is 0 Å². The van der Waals surface area contributed by atoms with Gasteiger partial charge in [0, 0.05) is 26.6 Å². The fourth-order valence-corrected chi connectivity index (χ4v) is 2.64. The van der Waals surface area contributed by atoms with Crippen molar-refractivity contribution in [2.45, 2.75) is 32.0 Å². The highest BCUT2D eigenvalue weighted by Gasteiger charge is 2.35. The van der Waals surface area contributed by atoms with Gasteiger partial charge in [-0.15, -0.1) is 0 Å². The summed E-state index contributed by atoms with van der Waals surface area (Å²) in [5.74, 6) is -1.01. The number of nitrogens with zero attached hydrogens (tertiary/aromatic N) is 2. The molecule has 114 valence electrons. The second-order valence-electron chi connectivity index (χ2n) is 5.47. The Hall–Kier alpha value is -2.08. The zero-order chi connectivity index (χ0) is 15.6. The Morgan fingerprint density at radius 1 is 1.38 bits per heavy atom. The fraction of sp³-hybridized carbons (Fsp3) is 0.467. The quantitative estimate of drug-likeness (QED) is 0.868. The number of fused-ring (bicyclic) bond motifs is 1. The number of carboxylic acids is 1. The number of aliphatic hydroxyl groups is 1. The van der Waals surface area contributed by atoms with E-state index in [0.717, 1.165) is 11.1 Å². The molecule has 1 aromatic rings. The number of likely N-dealkylation sites (N-methyl/N-ethyl adjacent to an activating group) is 1. The molecular weight excluding hydrogens is 272 g/mol. The van der Waals surface area contributed by atoms with Crippen molar-refractivity contribution in [3.05, 3.63) is 35.4 Å². The maximum absolute atomic E-state index is 12.4. The second-order valence-corrected chi connectivity index (χ2v) is 5.47. The van der Waals surface area contributed by atoms with E-state index in [1.165, 1.54) is 9.80 Å². The van der Waals surface area contributed by atoms with Crippen LogP contribution in [0.15, 0.2) is 24.3 Å². The van der Waals surface area contributed by atoms with Crippen LogP contribution in [0.1, 0.15) is 18.1 Å². The molecule has 2 atom stereocenters. The standard InChI is InChI=1S/C15H20N2O4/c1-10(18)8-16(2)15(21)17-9-12-6-4-3-5-11(12)7-13(17)14(19)20/h3-6,10,13,18H,7-9H2,1-2H3,(H,19,20). The van der Waals surface area contributed by atoms with Gasteiger partial charge in [0.1, 0.15) is 6.04 Å². The normalized spacial score (nSPS) is 18.8. The van der Waals surface area contributed by atoms with E-state index in [9.17, 15) is 19.8 Å². The van der Waals surface area contributed by atoms with E-state index in [4.69, 9.17) is 0 Å². The van der Waals surface area contributed by atoms with Crippen LogP contribution >= 0.6 is 0 Å². The minimum Gasteiger partial charge on any atom is -0.480 e. The van der Waals surface area contributed by atoms with Crippen molar-refractivity contribution >= 4 is 12.0 Å². The van der Waals surface area contributed by atoms with E-state index in [1.807, 2.05) is 24.3 Å². The van der Waals surface area contributed by atoms with Crippen LogP contribution in [0.5, 0.6) is 0 Å². The first-order valence-corrected chi connectivity index (χ1v) is 6.89. The molecule has 0 bridgehead atoms. The molecular formula is C15H20N2O4. The molecule has 2 rings (SSSR count). The summed E-state index contributed by atoms with van der Waals surface area (Å²) in [7, 11) is 1.56. The van der Waals surface area contributed by atoms with Gasteiger partial charge in [-0.25, -0.2) is 9.59 Å². The molecule has 2 unspecified atom stereocenters. The minimum atomic E-state index is -1.01. The Morgan fingerprint density at radius 2 is 2.00 bits per heavy atom. The molecule has 1 aliphatic rings. The van der Waals surface area contributed by atoms with Crippen LogP contribution in [0.4, 0.5) is 4.79 Å². The highest BCUT2D eigenvalue weighted by molar-refractivity contribution is 5.83. The molecule has 0 aliphatic carbocycles. The first-order chi connectivity index (χ1) is 9.90. The van der Waals surface area contributed by atoms with Crippen molar-refractivity contribution in [1.29, 1.82) is 0 Å². The molecule has 1 aromatic carbocycles.